The summed E-state index contributed by atoms with van der Waals surface area (Å²) in [6, 6.07) is 0.801. The molecule has 1 N–H and O–H groups in total. The summed E-state index contributed by atoms with van der Waals surface area (Å²) in [5.74, 6) is 0.281. The van der Waals surface area contributed by atoms with Crippen LogP contribution in [0.2, 0.25) is 0 Å². The summed E-state index contributed by atoms with van der Waals surface area (Å²) < 4.78 is 0. The Labute approximate surface area is 123 Å². The molecule has 0 aromatic heterocycles. The second-order valence-electron chi connectivity index (χ2n) is 6.39. The summed E-state index contributed by atoms with van der Waals surface area (Å²) in [6.45, 7) is 4.55. The number of amides is 1. The van der Waals surface area contributed by atoms with E-state index in [2.05, 4.69) is 17.3 Å². The van der Waals surface area contributed by atoms with Crippen molar-refractivity contribution >= 4 is 5.91 Å². The van der Waals surface area contributed by atoms with E-state index < -0.39 is 0 Å². The summed E-state index contributed by atoms with van der Waals surface area (Å²) in [5, 5.41) is 3.30. The molecule has 2 rings (SSSR count). The first-order valence-electron chi connectivity index (χ1n) is 8.46. The smallest absolute Gasteiger partial charge is 0.236 e. The number of carbonyl (C=O) groups is 1. The van der Waals surface area contributed by atoms with Crippen LogP contribution in [-0.2, 0) is 4.79 Å². The molecular formula is C16H31N3O. The van der Waals surface area contributed by atoms with Gasteiger partial charge in [-0.1, -0.05) is 19.3 Å². The van der Waals surface area contributed by atoms with Gasteiger partial charge in [-0.3, -0.25) is 4.79 Å². The number of likely N-dealkylation sites (tertiary alicyclic amines) is 1. The summed E-state index contributed by atoms with van der Waals surface area (Å²) in [4.78, 5) is 16.3. The largest absolute Gasteiger partial charge is 0.342 e. The van der Waals surface area contributed by atoms with Crippen LogP contribution in [-0.4, -0.2) is 61.5 Å². The Kier molecular flexibility index (Phi) is 6.80. The van der Waals surface area contributed by atoms with Crippen LogP contribution in [0.25, 0.3) is 0 Å². The molecule has 2 aliphatic rings. The Morgan fingerprint density at radius 3 is 2.55 bits per heavy atom. The summed E-state index contributed by atoms with van der Waals surface area (Å²) in [7, 11) is 2.26. The molecule has 1 aliphatic carbocycles. The molecule has 0 bridgehead atoms. The van der Waals surface area contributed by atoms with Gasteiger partial charge in [-0.05, 0) is 52.2 Å². The van der Waals surface area contributed by atoms with Gasteiger partial charge < -0.3 is 15.1 Å². The molecule has 4 heteroatoms. The van der Waals surface area contributed by atoms with Crippen LogP contribution in [0.15, 0.2) is 0 Å². The van der Waals surface area contributed by atoms with E-state index in [0.29, 0.717) is 6.54 Å². The molecule has 1 saturated carbocycles. The highest BCUT2D eigenvalue weighted by Gasteiger charge is 2.18. The number of hydrogen-bond donors (Lipinski definition) is 1. The number of rotatable bonds is 7. The second kappa shape index (κ2) is 8.63. The van der Waals surface area contributed by atoms with Crippen molar-refractivity contribution in [2.24, 2.45) is 0 Å². The standard InChI is InChI=1S/C16H31N3O/c1-18(15-8-3-2-4-9-15)11-7-10-17-14-16(20)19-12-5-6-13-19/h15,17H,2-14H2,1H3. The second-order valence-corrected chi connectivity index (χ2v) is 6.39. The van der Waals surface area contributed by atoms with Crippen molar-refractivity contribution in [3.63, 3.8) is 0 Å². The summed E-state index contributed by atoms with van der Waals surface area (Å²) >= 11 is 0. The maximum atomic E-state index is 11.8. The van der Waals surface area contributed by atoms with Gasteiger partial charge in [0, 0.05) is 19.1 Å². The first-order chi connectivity index (χ1) is 9.77. The van der Waals surface area contributed by atoms with E-state index in [1.54, 1.807) is 0 Å². The van der Waals surface area contributed by atoms with E-state index in [1.165, 1.54) is 44.9 Å². The van der Waals surface area contributed by atoms with Crippen molar-refractivity contribution in [3.05, 3.63) is 0 Å². The molecule has 4 nitrogen and oxygen atoms in total. The molecule has 116 valence electrons. The van der Waals surface area contributed by atoms with Crippen LogP contribution in [0.3, 0.4) is 0 Å². The maximum absolute atomic E-state index is 11.8. The Morgan fingerprint density at radius 2 is 1.85 bits per heavy atom. The Bertz CT molecular complexity index is 283. The highest BCUT2D eigenvalue weighted by atomic mass is 16.2. The van der Waals surface area contributed by atoms with Crippen molar-refractivity contribution in [2.75, 3.05) is 39.8 Å². The van der Waals surface area contributed by atoms with E-state index in [-0.39, 0.29) is 5.91 Å². The third-order valence-electron chi connectivity index (χ3n) is 4.80. The fourth-order valence-corrected chi connectivity index (χ4v) is 3.43. The zero-order chi connectivity index (χ0) is 14.2. The average Bonchev–Trinajstić information content (AvgIpc) is 3.01. The predicted molar refractivity (Wildman–Crippen MR) is 82.8 cm³/mol. The fourth-order valence-electron chi connectivity index (χ4n) is 3.43. The minimum absolute atomic E-state index is 0.281. The van der Waals surface area contributed by atoms with E-state index in [1.807, 2.05) is 4.90 Å². The molecule has 0 radical (unpaired) electrons. The lowest BCUT2D eigenvalue weighted by Crippen LogP contribution is -2.38. The minimum atomic E-state index is 0.281. The van der Waals surface area contributed by atoms with Crippen LogP contribution >= 0.6 is 0 Å². The number of carbonyl (C=O) groups excluding carboxylic acids is 1. The van der Waals surface area contributed by atoms with Gasteiger partial charge in [-0.15, -0.1) is 0 Å². The van der Waals surface area contributed by atoms with Crippen molar-refractivity contribution in [1.29, 1.82) is 0 Å². The van der Waals surface area contributed by atoms with Crippen LogP contribution in [0.4, 0.5) is 0 Å². The van der Waals surface area contributed by atoms with E-state index >= 15 is 0 Å². The van der Waals surface area contributed by atoms with Gasteiger partial charge in [-0.2, -0.15) is 0 Å². The van der Waals surface area contributed by atoms with E-state index in [9.17, 15) is 4.79 Å². The van der Waals surface area contributed by atoms with E-state index in [0.717, 1.165) is 38.6 Å². The molecule has 1 aliphatic heterocycles. The zero-order valence-corrected chi connectivity index (χ0v) is 13.1. The molecule has 2 fully saturated rings. The third-order valence-corrected chi connectivity index (χ3v) is 4.80. The van der Waals surface area contributed by atoms with Crippen molar-refractivity contribution in [2.45, 2.75) is 57.4 Å². The first kappa shape index (κ1) is 15.8. The van der Waals surface area contributed by atoms with Gasteiger partial charge in [0.1, 0.15) is 0 Å². The molecule has 0 aromatic carbocycles. The van der Waals surface area contributed by atoms with Crippen LogP contribution in [0, 0.1) is 0 Å². The monoisotopic (exact) mass is 281 g/mol. The van der Waals surface area contributed by atoms with Gasteiger partial charge in [0.15, 0.2) is 0 Å². The van der Waals surface area contributed by atoms with Gasteiger partial charge in [0.05, 0.1) is 6.54 Å². The topological polar surface area (TPSA) is 35.6 Å². The fraction of sp³-hybridized carbons (Fsp3) is 0.938. The van der Waals surface area contributed by atoms with Crippen molar-refractivity contribution in [1.82, 2.24) is 15.1 Å². The first-order valence-corrected chi connectivity index (χ1v) is 8.46. The van der Waals surface area contributed by atoms with Gasteiger partial charge >= 0.3 is 0 Å². The molecular weight excluding hydrogens is 250 g/mol. The average molecular weight is 281 g/mol. The molecule has 1 heterocycles. The normalized spacial score (nSPS) is 20.8. The molecule has 20 heavy (non-hydrogen) atoms. The molecule has 0 aromatic rings. The highest BCUT2D eigenvalue weighted by molar-refractivity contribution is 5.78. The lowest BCUT2D eigenvalue weighted by atomic mass is 9.94. The molecule has 0 unspecified atom stereocenters. The summed E-state index contributed by atoms with van der Waals surface area (Å²) in [5.41, 5.74) is 0. The third kappa shape index (κ3) is 5.06. The van der Waals surface area contributed by atoms with Gasteiger partial charge in [0.25, 0.3) is 0 Å². The zero-order valence-electron chi connectivity index (χ0n) is 13.1. The lowest BCUT2D eigenvalue weighted by Gasteiger charge is -2.31. The molecule has 0 atom stereocenters. The molecule has 1 saturated heterocycles. The summed E-state index contributed by atoms with van der Waals surface area (Å²) in [6.07, 6.45) is 10.5. The lowest BCUT2D eigenvalue weighted by molar-refractivity contribution is -0.129. The highest BCUT2D eigenvalue weighted by Crippen LogP contribution is 2.21. The van der Waals surface area contributed by atoms with Crippen LogP contribution in [0.1, 0.15) is 51.4 Å². The van der Waals surface area contributed by atoms with Gasteiger partial charge in [0.2, 0.25) is 5.91 Å². The maximum Gasteiger partial charge on any atom is 0.236 e. The van der Waals surface area contributed by atoms with Crippen molar-refractivity contribution in [3.8, 4) is 0 Å². The number of nitrogens with one attached hydrogen (secondary N) is 1. The van der Waals surface area contributed by atoms with Crippen LogP contribution < -0.4 is 5.32 Å². The number of hydrogen-bond acceptors (Lipinski definition) is 3. The van der Waals surface area contributed by atoms with Crippen LogP contribution in [0.5, 0.6) is 0 Å². The molecule has 1 amide bonds. The quantitative estimate of drug-likeness (QED) is 0.724. The van der Waals surface area contributed by atoms with Gasteiger partial charge in [-0.25, -0.2) is 0 Å². The molecule has 0 spiro atoms. The number of nitrogens with zero attached hydrogens (tertiary/aromatic N) is 2. The SMILES string of the molecule is CN(CCCNCC(=O)N1CCCC1)C1CCCCC1. The van der Waals surface area contributed by atoms with Crippen molar-refractivity contribution < 1.29 is 4.79 Å². The Morgan fingerprint density at radius 1 is 1.15 bits per heavy atom. The predicted octanol–water partition coefficient (Wildman–Crippen LogP) is 1.85. The minimum Gasteiger partial charge on any atom is -0.342 e. The Balaban J connectivity index is 1.49. The van der Waals surface area contributed by atoms with E-state index in [4.69, 9.17) is 0 Å². The Hall–Kier alpha value is -0.610.